The molecule has 10 aromatic rings. The third-order valence-corrected chi connectivity index (χ3v) is 10.3. The zero-order valence-electron chi connectivity index (χ0n) is 26.4. The van der Waals surface area contributed by atoms with Crippen LogP contribution >= 0.6 is 0 Å². The fourth-order valence-corrected chi connectivity index (χ4v) is 8.17. The molecule has 8 aromatic carbocycles. The predicted molar refractivity (Wildman–Crippen MR) is 204 cm³/mol. The fraction of sp³-hybridized carbons (Fsp3) is 0. The van der Waals surface area contributed by atoms with Gasteiger partial charge in [0.25, 0.3) is 0 Å². The van der Waals surface area contributed by atoms with Gasteiger partial charge in [-0.15, -0.1) is 0 Å². The fourth-order valence-electron chi connectivity index (χ4n) is 8.17. The summed E-state index contributed by atoms with van der Waals surface area (Å²) in [4.78, 5) is 10.2. The smallest absolute Gasteiger partial charge is 0.160 e. The van der Waals surface area contributed by atoms with E-state index in [2.05, 4.69) is 156 Å². The van der Waals surface area contributed by atoms with Crippen LogP contribution in [0.25, 0.3) is 105 Å². The molecular formula is C46H27N3. The van der Waals surface area contributed by atoms with Crippen molar-refractivity contribution >= 4 is 54.3 Å². The third kappa shape index (κ3) is 3.73. The molecule has 2 aromatic heterocycles. The van der Waals surface area contributed by atoms with Crippen molar-refractivity contribution in [2.24, 2.45) is 0 Å². The van der Waals surface area contributed by atoms with E-state index in [1.54, 1.807) is 0 Å². The van der Waals surface area contributed by atoms with Gasteiger partial charge >= 0.3 is 0 Å². The van der Waals surface area contributed by atoms with Gasteiger partial charge in [0, 0.05) is 43.7 Å². The van der Waals surface area contributed by atoms with Crippen molar-refractivity contribution in [2.75, 3.05) is 0 Å². The van der Waals surface area contributed by atoms with Crippen molar-refractivity contribution < 1.29 is 0 Å². The molecule has 3 nitrogen and oxygen atoms in total. The molecule has 0 fully saturated rings. The van der Waals surface area contributed by atoms with Gasteiger partial charge in [0.05, 0.1) is 22.2 Å². The van der Waals surface area contributed by atoms with Gasteiger partial charge in [-0.05, 0) is 69.4 Å². The Morgan fingerprint density at radius 1 is 0.388 bits per heavy atom. The van der Waals surface area contributed by atoms with Gasteiger partial charge in [-0.1, -0.05) is 127 Å². The van der Waals surface area contributed by atoms with Gasteiger partial charge in [0.15, 0.2) is 5.82 Å². The Morgan fingerprint density at radius 2 is 1.06 bits per heavy atom. The van der Waals surface area contributed by atoms with Crippen molar-refractivity contribution in [3.8, 4) is 50.6 Å². The van der Waals surface area contributed by atoms with E-state index < -0.39 is 0 Å². The second-order valence-electron chi connectivity index (χ2n) is 12.9. The van der Waals surface area contributed by atoms with Gasteiger partial charge in [-0.3, -0.25) is 0 Å². The monoisotopic (exact) mass is 621 g/mol. The molecule has 226 valence electrons. The molecule has 0 saturated heterocycles. The van der Waals surface area contributed by atoms with Gasteiger partial charge in [0.2, 0.25) is 0 Å². The second-order valence-corrected chi connectivity index (χ2v) is 12.9. The van der Waals surface area contributed by atoms with Crippen LogP contribution in [0.5, 0.6) is 0 Å². The maximum atomic E-state index is 5.14. The van der Waals surface area contributed by atoms with E-state index in [0.29, 0.717) is 0 Å². The maximum Gasteiger partial charge on any atom is 0.160 e. The number of hydrogen-bond acceptors (Lipinski definition) is 2. The van der Waals surface area contributed by atoms with Crippen LogP contribution in [0.2, 0.25) is 0 Å². The largest absolute Gasteiger partial charge is 0.308 e. The highest BCUT2D eigenvalue weighted by Gasteiger charge is 2.26. The highest BCUT2D eigenvalue weighted by molar-refractivity contribution is 6.29. The van der Waals surface area contributed by atoms with Crippen molar-refractivity contribution in [3.63, 3.8) is 0 Å². The molecule has 1 aliphatic carbocycles. The topological polar surface area (TPSA) is 30.7 Å². The standard InChI is InChI=1S/C46H27N3/c1-2-12-29(13-3-1)43-37-17-8-9-20-41(37)47-46(48-43)30-21-24-31(25-22-30)49-44-32-14-5-4-11-28(32)23-26-36(44)40-27-39-34-16-7-6-15-33(34)35-18-10-19-38(42(35)39)45(40)49/h1-27H. The van der Waals surface area contributed by atoms with E-state index >= 15 is 0 Å². The minimum Gasteiger partial charge on any atom is -0.308 e. The van der Waals surface area contributed by atoms with Crippen LogP contribution in [0.3, 0.4) is 0 Å². The number of aromatic nitrogens is 3. The first-order chi connectivity index (χ1) is 24.3. The average Bonchev–Trinajstić information content (AvgIpc) is 3.69. The summed E-state index contributed by atoms with van der Waals surface area (Å²) in [5.41, 5.74) is 12.8. The molecule has 49 heavy (non-hydrogen) atoms. The number of para-hydroxylation sites is 1. The number of rotatable bonds is 3. The molecule has 0 bridgehead atoms. The lowest BCUT2D eigenvalue weighted by molar-refractivity contribution is 1.18. The summed E-state index contributed by atoms with van der Waals surface area (Å²) in [6, 6.07) is 58.8. The third-order valence-electron chi connectivity index (χ3n) is 10.3. The van der Waals surface area contributed by atoms with Crippen LogP contribution < -0.4 is 0 Å². The van der Waals surface area contributed by atoms with Crippen molar-refractivity contribution in [3.05, 3.63) is 164 Å². The molecule has 0 unspecified atom stereocenters. The number of hydrogen-bond donors (Lipinski definition) is 0. The Morgan fingerprint density at radius 3 is 1.92 bits per heavy atom. The minimum absolute atomic E-state index is 0.722. The Hall–Kier alpha value is -6.58. The van der Waals surface area contributed by atoms with Crippen LogP contribution in [0.1, 0.15) is 0 Å². The summed E-state index contributed by atoms with van der Waals surface area (Å²) >= 11 is 0. The van der Waals surface area contributed by atoms with Crippen molar-refractivity contribution in [1.82, 2.24) is 14.5 Å². The Labute approximate surface area is 282 Å². The van der Waals surface area contributed by atoms with E-state index in [4.69, 9.17) is 9.97 Å². The van der Waals surface area contributed by atoms with Crippen LogP contribution in [0.4, 0.5) is 0 Å². The molecule has 2 heterocycles. The molecule has 0 radical (unpaired) electrons. The van der Waals surface area contributed by atoms with Crippen LogP contribution in [-0.4, -0.2) is 14.5 Å². The van der Waals surface area contributed by atoms with Gasteiger partial charge < -0.3 is 4.57 Å². The summed E-state index contributed by atoms with van der Waals surface area (Å²) < 4.78 is 2.49. The number of benzene rings is 8. The van der Waals surface area contributed by atoms with E-state index in [0.717, 1.165) is 39.2 Å². The molecule has 0 aliphatic heterocycles. The molecule has 3 heteroatoms. The molecule has 0 N–H and O–H groups in total. The van der Waals surface area contributed by atoms with Crippen LogP contribution in [0, 0.1) is 0 Å². The Bertz CT molecular complexity index is 2970. The van der Waals surface area contributed by atoms with Gasteiger partial charge in [0.1, 0.15) is 0 Å². The van der Waals surface area contributed by atoms with Crippen molar-refractivity contribution in [1.29, 1.82) is 0 Å². The molecule has 0 spiro atoms. The lowest BCUT2D eigenvalue weighted by Crippen LogP contribution is -1.97. The van der Waals surface area contributed by atoms with E-state index in [-0.39, 0.29) is 0 Å². The van der Waals surface area contributed by atoms with Crippen LogP contribution in [0.15, 0.2) is 164 Å². The van der Waals surface area contributed by atoms with Crippen molar-refractivity contribution in [2.45, 2.75) is 0 Å². The maximum absolute atomic E-state index is 5.14. The number of fused-ring (bicyclic) bond motifs is 10. The molecule has 0 amide bonds. The zero-order chi connectivity index (χ0) is 32.1. The SMILES string of the molecule is c1ccc(-c2nc(-c3ccc(-n4c5c6ccccc6ccc5c5cc6c7c(cccc7c54)-c4ccccc4-6)cc3)nc3ccccc23)cc1. The van der Waals surface area contributed by atoms with E-state index in [1.807, 2.05) is 12.1 Å². The lowest BCUT2D eigenvalue weighted by Gasteiger charge is -2.13. The first kappa shape index (κ1) is 26.5. The summed E-state index contributed by atoms with van der Waals surface area (Å²) in [6.45, 7) is 0. The Kier molecular flexibility index (Phi) is 5.38. The quantitative estimate of drug-likeness (QED) is 0.196. The summed E-state index contributed by atoms with van der Waals surface area (Å²) in [6.07, 6.45) is 0. The summed E-state index contributed by atoms with van der Waals surface area (Å²) in [5.74, 6) is 0.722. The summed E-state index contributed by atoms with van der Waals surface area (Å²) in [5, 5.41) is 8.67. The molecule has 11 rings (SSSR count). The average molecular weight is 622 g/mol. The molecule has 0 saturated carbocycles. The lowest BCUT2D eigenvalue weighted by atomic mass is 9.98. The van der Waals surface area contributed by atoms with Gasteiger partial charge in [-0.2, -0.15) is 0 Å². The normalized spacial score (nSPS) is 12.1. The molecule has 0 atom stereocenters. The molecular weight excluding hydrogens is 595 g/mol. The zero-order valence-corrected chi connectivity index (χ0v) is 26.4. The highest BCUT2D eigenvalue weighted by Crippen LogP contribution is 2.51. The first-order valence-electron chi connectivity index (χ1n) is 16.8. The van der Waals surface area contributed by atoms with Crippen LogP contribution in [-0.2, 0) is 0 Å². The second kappa shape index (κ2) is 9.96. The van der Waals surface area contributed by atoms with Gasteiger partial charge in [-0.25, -0.2) is 9.97 Å². The summed E-state index contributed by atoms with van der Waals surface area (Å²) in [7, 11) is 0. The minimum atomic E-state index is 0.722. The van der Waals surface area contributed by atoms with E-state index in [1.165, 1.54) is 65.6 Å². The van der Waals surface area contributed by atoms with E-state index in [9.17, 15) is 0 Å². The first-order valence-corrected chi connectivity index (χ1v) is 16.8. The molecule has 1 aliphatic rings. The number of nitrogens with zero attached hydrogens (tertiary/aromatic N) is 3. The predicted octanol–water partition coefficient (Wildman–Crippen LogP) is 12.0. The Balaban J connectivity index is 1.18. The highest BCUT2D eigenvalue weighted by atomic mass is 15.0.